The molecule has 4 rings (SSSR count). The van der Waals surface area contributed by atoms with Crippen LogP contribution in [-0.2, 0) is 21.7 Å². The first-order chi connectivity index (χ1) is 16.4. The van der Waals surface area contributed by atoms with Crippen molar-refractivity contribution in [2.75, 3.05) is 28.4 Å². The van der Waals surface area contributed by atoms with Gasteiger partial charge in [0.15, 0.2) is 0 Å². The molecule has 0 radical (unpaired) electrons. The van der Waals surface area contributed by atoms with Crippen molar-refractivity contribution in [1.29, 1.82) is 0 Å². The third kappa shape index (κ3) is 4.06. The van der Waals surface area contributed by atoms with Gasteiger partial charge in [-0.05, 0) is 41.5 Å². The van der Waals surface area contributed by atoms with Crippen LogP contribution in [0.2, 0.25) is 0 Å². The molecule has 7 nitrogen and oxygen atoms in total. The first-order valence-corrected chi connectivity index (χ1v) is 10.6. The van der Waals surface area contributed by atoms with Crippen molar-refractivity contribution in [3.8, 4) is 23.0 Å². The zero-order chi connectivity index (χ0) is 24.3. The molecule has 1 unspecified atom stereocenters. The van der Waals surface area contributed by atoms with Gasteiger partial charge < -0.3 is 28.8 Å². The highest BCUT2D eigenvalue weighted by Crippen LogP contribution is 2.48. The van der Waals surface area contributed by atoms with Gasteiger partial charge in [-0.1, -0.05) is 30.3 Å². The van der Waals surface area contributed by atoms with Crippen molar-refractivity contribution in [2.24, 2.45) is 0 Å². The second-order valence-corrected chi connectivity index (χ2v) is 7.68. The second-order valence-electron chi connectivity index (χ2n) is 7.68. The molecule has 0 spiro atoms. The molecule has 1 atom stereocenters. The van der Waals surface area contributed by atoms with E-state index in [1.54, 1.807) is 49.6 Å². The van der Waals surface area contributed by atoms with Crippen LogP contribution >= 0.6 is 0 Å². The van der Waals surface area contributed by atoms with Crippen LogP contribution in [0.4, 0.5) is 0 Å². The summed E-state index contributed by atoms with van der Waals surface area (Å²) in [5.74, 6) is -0.721. The molecule has 3 aromatic carbocycles. The zero-order valence-electron chi connectivity index (χ0n) is 19.5. The number of aliphatic hydroxyl groups is 1. The summed E-state index contributed by atoms with van der Waals surface area (Å²) in [6.07, 6.45) is 0.180. The lowest BCUT2D eigenvalue weighted by Crippen LogP contribution is -2.30. The van der Waals surface area contributed by atoms with E-state index in [9.17, 15) is 9.90 Å². The van der Waals surface area contributed by atoms with Gasteiger partial charge in [-0.3, -0.25) is 0 Å². The Morgan fingerprint density at radius 2 is 1.38 bits per heavy atom. The summed E-state index contributed by atoms with van der Waals surface area (Å²) in [6, 6.07) is 19.4. The molecule has 0 amide bonds. The average molecular weight is 462 g/mol. The SMILES string of the molecule is COc1cc(OC)cc(C2=C(Cc3ccccc3OC)C(O)(c3ccccc3OC)OC2=O)c1. The number of carbonyl (C=O) groups is 1. The summed E-state index contributed by atoms with van der Waals surface area (Å²) in [5.41, 5.74) is 2.16. The van der Waals surface area contributed by atoms with Crippen LogP contribution in [0.15, 0.2) is 72.3 Å². The lowest BCUT2D eigenvalue weighted by atomic mass is 9.87. The largest absolute Gasteiger partial charge is 0.497 e. The van der Waals surface area contributed by atoms with Gasteiger partial charge in [-0.2, -0.15) is 0 Å². The Kier molecular flexibility index (Phi) is 6.47. The molecule has 7 heteroatoms. The molecule has 3 aromatic rings. The van der Waals surface area contributed by atoms with Crippen molar-refractivity contribution in [3.63, 3.8) is 0 Å². The number of methoxy groups -OCH3 is 4. The maximum absolute atomic E-state index is 13.3. The predicted molar refractivity (Wildman–Crippen MR) is 126 cm³/mol. The summed E-state index contributed by atoms with van der Waals surface area (Å²) >= 11 is 0. The van der Waals surface area contributed by atoms with Crippen LogP contribution in [0.25, 0.3) is 5.57 Å². The Hall–Kier alpha value is -3.97. The highest BCUT2D eigenvalue weighted by molar-refractivity contribution is 6.20. The lowest BCUT2D eigenvalue weighted by molar-refractivity contribution is -0.185. The van der Waals surface area contributed by atoms with Crippen LogP contribution in [-0.4, -0.2) is 39.5 Å². The average Bonchev–Trinajstić information content (AvgIpc) is 3.13. The number of rotatable bonds is 8. The van der Waals surface area contributed by atoms with E-state index in [1.165, 1.54) is 21.3 Å². The molecule has 0 bridgehead atoms. The molecule has 1 N–H and O–H groups in total. The number of carbonyl (C=O) groups excluding carboxylic acids is 1. The summed E-state index contributed by atoms with van der Waals surface area (Å²) in [4.78, 5) is 13.3. The molecule has 0 saturated carbocycles. The van der Waals surface area contributed by atoms with Crippen molar-refractivity contribution < 1.29 is 33.6 Å². The quantitative estimate of drug-likeness (QED) is 0.504. The molecule has 1 heterocycles. The summed E-state index contributed by atoms with van der Waals surface area (Å²) in [5, 5.41) is 11.9. The van der Waals surface area contributed by atoms with E-state index < -0.39 is 11.8 Å². The van der Waals surface area contributed by atoms with Crippen LogP contribution in [0.5, 0.6) is 23.0 Å². The Balaban J connectivity index is 1.99. The van der Waals surface area contributed by atoms with Crippen molar-refractivity contribution in [2.45, 2.75) is 12.2 Å². The molecule has 1 aliphatic heterocycles. The summed E-state index contributed by atoms with van der Waals surface area (Å²) in [7, 11) is 6.13. The van der Waals surface area contributed by atoms with E-state index in [-0.39, 0.29) is 12.0 Å². The van der Waals surface area contributed by atoms with Gasteiger partial charge in [0.1, 0.15) is 23.0 Å². The molecule has 0 aliphatic carbocycles. The molecular weight excluding hydrogens is 436 g/mol. The van der Waals surface area contributed by atoms with E-state index in [0.717, 1.165) is 5.56 Å². The third-order valence-electron chi connectivity index (χ3n) is 5.83. The molecular formula is C27H26O7. The standard InChI is InChI=1S/C27H26O7/c1-30-19-13-18(14-20(16-19)31-2)25-22(15-17-9-5-7-11-23(17)32-3)27(29,34-26(25)28)21-10-6-8-12-24(21)33-4/h5-14,16,29H,15H2,1-4H3. The van der Waals surface area contributed by atoms with Crippen molar-refractivity contribution >= 4 is 11.5 Å². The minimum absolute atomic E-state index is 0.180. The zero-order valence-corrected chi connectivity index (χ0v) is 19.5. The smallest absolute Gasteiger partial charge is 0.342 e. The number of hydrogen-bond donors (Lipinski definition) is 1. The number of cyclic esters (lactones) is 1. The van der Waals surface area contributed by atoms with Crippen molar-refractivity contribution in [3.05, 3.63) is 89.0 Å². The predicted octanol–water partition coefficient (Wildman–Crippen LogP) is 4.12. The lowest BCUT2D eigenvalue weighted by Gasteiger charge is -2.27. The van der Waals surface area contributed by atoms with Crippen molar-refractivity contribution in [1.82, 2.24) is 0 Å². The maximum Gasteiger partial charge on any atom is 0.342 e. The fourth-order valence-corrected chi connectivity index (χ4v) is 4.17. The van der Waals surface area contributed by atoms with E-state index in [4.69, 9.17) is 23.7 Å². The first-order valence-electron chi connectivity index (χ1n) is 10.6. The molecule has 34 heavy (non-hydrogen) atoms. The van der Waals surface area contributed by atoms with Crippen LogP contribution < -0.4 is 18.9 Å². The Bertz CT molecular complexity index is 1220. The molecule has 0 saturated heterocycles. The number of esters is 1. The molecule has 0 aromatic heterocycles. The van der Waals surface area contributed by atoms with E-state index in [1.807, 2.05) is 24.3 Å². The highest BCUT2D eigenvalue weighted by Gasteiger charge is 2.49. The first kappa shape index (κ1) is 23.2. The van der Waals surface area contributed by atoms with E-state index >= 15 is 0 Å². The van der Waals surface area contributed by atoms with Crippen LogP contribution in [0, 0.1) is 0 Å². The second kappa shape index (κ2) is 9.49. The number of ether oxygens (including phenoxy) is 5. The van der Waals surface area contributed by atoms with Gasteiger partial charge in [-0.25, -0.2) is 4.79 Å². The van der Waals surface area contributed by atoms with E-state index in [2.05, 4.69) is 0 Å². The maximum atomic E-state index is 13.3. The van der Waals surface area contributed by atoms with Crippen LogP contribution in [0.1, 0.15) is 16.7 Å². The Labute approximate surface area is 198 Å². The summed E-state index contributed by atoms with van der Waals surface area (Å²) < 4.78 is 27.5. The Morgan fingerprint density at radius 3 is 2.00 bits per heavy atom. The van der Waals surface area contributed by atoms with Gasteiger partial charge in [-0.15, -0.1) is 0 Å². The van der Waals surface area contributed by atoms with Gasteiger partial charge in [0.25, 0.3) is 5.79 Å². The molecule has 0 fully saturated rings. The molecule has 176 valence electrons. The number of benzene rings is 3. The van der Waals surface area contributed by atoms with Gasteiger partial charge in [0, 0.05) is 18.1 Å². The minimum Gasteiger partial charge on any atom is -0.497 e. The Morgan fingerprint density at radius 1 is 0.794 bits per heavy atom. The monoisotopic (exact) mass is 462 g/mol. The fourth-order valence-electron chi connectivity index (χ4n) is 4.17. The summed E-state index contributed by atoms with van der Waals surface area (Å²) in [6.45, 7) is 0. The van der Waals surface area contributed by atoms with Gasteiger partial charge in [0.05, 0.1) is 39.6 Å². The van der Waals surface area contributed by atoms with E-state index in [0.29, 0.717) is 39.7 Å². The number of hydrogen-bond acceptors (Lipinski definition) is 7. The van der Waals surface area contributed by atoms with Crippen LogP contribution in [0.3, 0.4) is 0 Å². The van der Waals surface area contributed by atoms with Gasteiger partial charge in [0.2, 0.25) is 0 Å². The minimum atomic E-state index is -2.06. The molecule has 1 aliphatic rings. The normalized spacial score (nSPS) is 17.4. The topological polar surface area (TPSA) is 83.5 Å². The highest BCUT2D eigenvalue weighted by atomic mass is 16.7. The third-order valence-corrected chi connectivity index (χ3v) is 5.83. The number of para-hydroxylation sites is 2. The fraction of sp³-hybridized carbons (Fsp3) is 0.222. The van der Waals surface area contributed by atoms with Gasteiger partial charge >= 0.3 is 5.97 Å².